The lowest BCUT2D eigenvalue weighted by atomic mass is 10.00. The molecule has 5 nitrogen and oxygen atoms in total. The Kier molecular flexibility index (Phi) is 5.14. The summed E-state index contributed by atoms with van der Waals surface area (Å²) >= 11 is 11.9. The molecule has 1 saturated heterocycles. The van der Waals surface area contributed by atoms with Gasteiger partial charge in [0, 0.05) is 19.7 Å². The first-order valence-corrected chi connectivity index (χ1v) is 8.46. The number of aliphatic hydroxyl groups excluding tert-OH is 1. The molecule has 20 heavy (non-hydrogen) atoms. The van der Waals surface area contributed by atoms with Crippen LogP contribution in [0, 0.1) is 5.92 Å². The first-order chi connectivity index (χ1) is 9.44. The molecular formula is C12H16Cl2N2O3S. The molecule has 0 atom stereocenters. The van der Waals surface area contributed by atoms with E-state index in [-0.39, 0.29) is 28.3 Å². The van der Waals surface area contributed by atoms with Gasteiger partial charge in [0.25, 0.3) is 0 Å². The summed E-state index contributed by atoms with van der Waals surface area (Å²) in [7, 11) is -3.68. The van der Waals surface area contributed by atoms with Gasteiger partial charge in [0.15, 0.2) is 0 Å². The summed E-state index contributed by atoms with van der Waals surface area (Å²) in [6.07, 6.45) is 1.29. The van der Waals surface area contributed by atoms with Gasteiger partial charge in [0.2, 0.25) is 0 Å². The molecule has 0 radical (unpaired) electrons. The quantitative estimate of drug-likeness (QED) is 0.885. The van der Waals surface area contributed by atoms with Crippen LogP contribution in [-0.2, 0) is 10.2 Å². The molecule has 1 aliphatic heterocycles. The number of piperidine rings is 1. The van der Waals surface area contributed by atoms with Crippen LogP contribution in [0.15, 0.2) is 18.2 Å². The summed E-state index contributed by atoms with van der Waals surface area (Å²) in [5.74, 6) is 0.172. The van der Waals surface area contributed by atoms with Gasteiger partial charge >= 0.3 is 10.2 Å². The molecule has 0 aromatic heterocycles. The van der Waals surface area contributed by atoms with Crippen LogP contribution in [0.25, 0.3) is 0 Å². The molecule has 1 heterocycles. The van der Waals surface area contributed by atoms with Crippen LogP contribution in [0.4, 0.5) is 5.69 Å². The Morgan fingerprint density at radius 3 is 2.30 bits per heavy atom. The van der Waals surface area contributed by atoms with Crippen molar-refractivity contribution in [2.45, 2.75) is 12.8 Å². The predicted molar refractivity (Wildman–Crippen MR) is 80.4 cm³/mol. The van der Waals surface area contributed by atoms with Gasteiger partial charge in [-0.15, -0.1) is 0 Å². The Balaban J connectivity index is 2.12. The van der Waals surface area contributed by atoms with E-state index in [0.29, 0.717) is 25.9 Å². The van der Waals surface area contributed by atoms with Crippen molar-refractivity contribution in [1.82, 2.24) is 4.31 Å². The van der Waals surface area contributed by atoms with Crippen LogP contribution in [-0.4, -0.2) is 37.5 Å². The average molecular weight is 339 g/mol. The Hall–Kier alpha value is -0.530. The highest BCUT2D eigenvalue weighted by molar-refractivity contribution is 7.90. The average Bonchev–Trinajstić information content (AvgIpc) is 2.43. The molecule has 1 aliphatic rings. The maximum atomic E-state index is 12.3. The molecule has 0 bridgehead atoms. The summed E-state index contributed by atoms with van der Waals surface area (Å²) in [6, 6.07) is 4.79. The number of aliphatic hydroxyl groups is 1. The lowest BCUT2D eigenvalue weighted by Gasteiger charge is -2.30. The van der Waals surface area contributed by atoms with E-state index in [0.717, 1.165) is 0 Å². The standard InChI is InChI=1S/C12H16Cl2N2O3S/c13-10-2-1-3-11(14)12(10)15-20(18,19)16-6-4-9(8-17)5-7-16/h1-3,9,15,17H,4-8H2. The Labute approximate surface area is 128 Å². The Morgan fingerprint density at radius 2 is 1.80 bits per heavy atom. The largest absolute Gasteiger partial charge is 0.396 e. The lowest BCUT2D eigenvalue weighted by molar-refractivity contribution is 0.170. The minimum absolute atomic E-state index is 0.0949. The second-order valence-electron chi connectivity index (χ2n) is 4.73. The first kappa shape index (κ1) is 15.9. The third-order valence-electron chi connectivity index (χ3n) is 3.37. The van der Waals surface area contributed by atoms with Gasteiger partial charge in [-0.1, -0.05) is 29.3 Å². The van der Waals surface area contributed by atoms with Crippen molar-refractivity contribution in [2.75, 3.05) is 24.4 Å². The van der Waals surface area contributed by atoms with Gasteiger partial charge in [0.05, 0.1) is 15.7 Å². The molecular weight excluding hydrogens is 323 g/mol. The molecule has 2 rings (SSSR count). The van der Waals surface area contributed by atoms with Gasteiger partial charge < -0.3 is 5.11 Å². The Morgan fingerprint density at radius 1 is 1.25 bits per heavy atom. The summed E-state index contributed by atoms with van der Waals surface area (Å²) in [6.45, 7) is 0.850. The first-order valence-electron chi connectivity index (χ1n) is 6.27. The maximum Gasteiger partial charge on any atom is 0.301 e. The van der Waals surface area contributed by atoms with E-state index < -0.39 is 10.2 Å². The van der Waals surface area contributed by atoms with Crippen LogP contribution in [0.1, 0.15) is 12.8 Å². The van der Waals surface area contributed by atoms with Crippen molar-refractivity contribution in [2.24, 2.45) is 5.92 Å². The third-order valence-corrected chi connectivity index (χ3v) is 5.50. The van der Waals surface area contributed by atoms with Crippen LogP contribution in [0.2, 0.25) is 10.0 Å². The van der Waals surface area contributed by atoms with Crippen LogP contribution >= 0.6 is 23.2 Å². The van der Waals surface area contributed by atoms with Gasteiger partial charge in [-0.05, 0) is 30.9 Å². The Bertz CT molecular complexity index is 552. The summed E-state index contributed by atoms with van der Waals surface area (Å²) in [5, 5.41) is 9.58. The van der Waals surface area contributed by atoms with Crippen LogP contribution in [0.5, 0.6) is 0 Å². The molecule has 0 amide bonds. The summed E-state index contributed by atoms with van der Waals surface area (Å²) in [5.41, 5.74) is 0.195. The van der Waals surface area contributed by atoms with E-state index in [2.05, 4.69) is 4.72 Å². The third kappa shape index (κ3) is 3.56. The summed E-state index contributed by atoms with van der Waals surface area (Å²) in [4.78, 5) is 0. The number of halogens is 2. The monoisotopic (exact) mass is 338 g/mol. The number of hydrogen-bond donors (Lipinski definition) is 2. The minimum Gasteiger partial charge on any atom is -0.396 e. The second-order valence-corrected chi connectivity index (χ2v) is 7.21. The summed E-state index contributed by atoms with van der Waals surface area (Å²) < 4.78 is 28.4. The van der Waals surface area contributed by atoms with Gasteiger partial charge in [-0.3, -0.25) is 4.72 Å². The van der Waals surface area contributed by atoms with E-state index in [1.165, 1.54) is 4.31 Å². The molecule has 0 aliphatic carbocycles. The predicted octanol–water partition coefficient (Wildman–Crippen LogP) is 2.35. The normalized spacial score (nSPS) is 18.1. The highest BCUT2D eigenvalue weighted by atomic mass is 35.5. The topological polar surface area (TPSA) is 69.6 Å². The molecule has 0 saturated carbocycles. The molecule has 112 valence electrons. The van der Waals surface area contributed by atoms with Crippen molar-refractivity contribution in [3.8, 4) is 0 Å². The van der Waals surface area contributed by atoms with E-state index in [9.17, 15) is 8.42 Å². The van der Waals surface area contributed by atoms with Gasteiger partial charge in [-0.25, -0.2) is 0 Å². The number of anilines is 1. The number of nitrogens with zero attached hydrogens (tertiary/aromatic N) is 1. The fraction of sp³-hybridized carbons (Fsp3) is 0.500. The number of hydrogen-bond acceptors (Lipinski definition) is 3. The zero-order chi connectivity index (χ0) is 14.8. The highest BCUT2D eigenvalue weighted by Crippen LogP contribution is 2.31. The zero-order valence-corrected chi connectivity index (χ0v) is 13.0. The number of rotatable bonds is 4. The lowest BCUT2D eigenvalue weighted by Crippen LogP contribution is -2.42. The highest BCUT2D eigenvalue weighted by Gasteiger charge is 2.28. The van der Waals surface area contributed by atoms with Crippen molar-refractivity contribution in [3.05, 3.63) is 28.2 Å². The van der Waals surface area contributed by atoms with Gasteiger partial charge in [0.1, 0.15) is 0 Å². The molecule has 8 heteroatoms. The van der Waals surface area contributed by atoms with E-state index in [4.69, 9.17) is 28.3 Å². The fourth-order valence-electron chi connectivity index (χ4n) is 2.12. The second kappa shape index (κ2) is 6.49. The van der Waals surface area contributed by atoms with Crippen molar-refractivity contribution in [1.29, 1.82) is 0 Å². The van der Waals surface area contributed by atoms with Crippen molar-refractivity contribution >= 4 is 39.1 Å². The molecule has 0 unspecified atom stereocenters. The smallest absolute Gasteiger partial charge is 0.301 e. The fourth-order valence-corrected chi connectivity index (χ4v) is 4.02. The van der Waals surface area contributed by atoms with E-state index in [1.807, 2.05) is 0 Å². The van der Waals surface area contributed by atoms with Crippen molar-refractivity contribution < 1.29 is 13.5 Å². The number of para-hydroxylation sites is 1. The van der Waals surface area contributed by atoms with Crippen molar-refractivity contribution in [3.63, 3.8) is 0 Å². The number of nitrogens with one attached hydrogen (secondary N) is 1. The van der Waals surface area contributed by atoms with E-state index >= 15 is 0 Å². The molecule has 0 spiro atoms. The molecule has 2 N–H and O–H groups in total. The minimum atomic E-state index is -3.68. The SMILES string of the molecule is O=S(=O)(Nc1c(Cl)cccc1Cl)N1CCC(CO)CC1. The van der Waals surface area contributed by atoms with E-state index in [1.54, 1.807) is 18.2 Å². The van der Waals surface area contributed by atoms with Crippen LogP contribution in [0.3, 0.4) is 0 Å². The number of benzene rings is 1. The molecule has 1 aromatic rings. The maximum absolute atomic E-state index is 12.3. The molecule has 1 aromatic carbocycles. The van der Waals surface area contributed by atoms with Gasteiger partial charge in [-0.2, -0.15) is 12.7 Å². The molecule has 1 fully saturated rings. The zero-order valence-electron chi connectivity index (χ0n) is 10.7. The van der Waals surface area contributed by atoms with Crippen LogP contribution < -0.4 is 4.72 Å².